The van der Waals surface area contributed by atoms with Crippen LogP contribution in [0.1, 0.15) is 12.5 Å². The van der Waals surface area contributed by atoms with Gasteiger partial charge in [-0.3, -0.25) is 5.10 Å². The number of H-pyrrole nitrogens is 1. The summed E-state index contributed by atoms with van der Waals surface area (Å²) in [6.45, 7) is 2.02. The Bertz CT molecular complexity index is 455. The van der Waals surface area contributed by atoms with Crippen LogP contribution in [0.4, 0.5) is 5.82 Å². The number of nitrogen functional groups attached to an aromatic ring is 1. The van der Waals surface area contributed by atoms with E-state index in [2.05, 4.69) is 30.6 Å². The molecule has 84 valence electrons. The maximum Gasteiger partial charge on any atom is 0.189 e. The van der Waals surface area contributed by atoms with E-state index in [0.717, 1.165) is 17.0 Å². The molecule has 0 unspecified atom stereocenters. The minimum absolute atomic E-state index is 0.638. The van der Waals surface area contributed by atoms with Gasteiger partial charge in [0, 0.05) is 5.56 Å². The molecule has 16 heavy (non-hydrogen) atoms. The monoisotopic (exact) mass is 237 g/mol. The van der Waals surface area contributed by atoms with Crippen molar-refractivity contribution in [2.45, 2.75) is 23.5 Å². The first-order chi connectivity index (χ1) is 7.85. The van der Waals surface area contributed by atoms with E-state index in [4.69, 9.17) is 5.84 Å². The standard InChI is InChI=1S/C8H11N7S/c1-2-5-6(14-9)10-3-11-7(5)16-8-12-4-13-15-8/h3-4H,2,9H2,1H3,(H,10,11,14)(H,12,13,15). The van der Waals surface area contributed by atoms with Crippen molar-refractivity contribution < 1.29 is 0 Å². The molecule has 7 nitrogen and oxygen atoms in total. The van der Waals surface area contributed by atoms with Crippen LogP contribution in [0.25, 0.3) is 0 Å². The molecule has 2 heterocycles. The maximum atomic E-state index is 5.38. The van der Waals surface area contributed by atoms with E-state index in [-0.39, 0.29) is 0 Å². The molecule has 2 rings (SSSR count). The summed E-state index contributed by atoms with van der Waals surface area (Å²) in [5.74, 6) is 6.02. The van der Waals surface area contributed by atoms with Gasteiger partial charge >= 0.3 is 0 Å². The molecule has 0 fully saturated rings. The van der Waals surface area contributed by atoms with E-state index in [1.54, 1.807) is 0 Å². The Labute approximate surface area is 96.3 Å². The molecule has 0 saturated heterocycles. The molecule has 0 bridgehead atoms. The summed E-state index contributed by atoms with van der Waals surface area (Å²) in [5, 5.41) is 8.05. The molecule has 0 saturated carbocycles. The Morgan fingerprint density at radius 2 is 2.25 bits per heavy atom. The molecular weight excluding hydrogens is 226 g/mol. The van der Waals surface area contributed by atoms with Crippen LogP contribution in [0.15, 0.2) is 22.8 Å². The Hall–Kier alpha value is -1.67. The Kier molecular flexibility index (Phi) is 3.32. The smallest absolute Gasteiger partial charge is 0.189 e. The third kappa shape index (κ3) is 2.12. The van der Waals surface area contributed by atoms with E-state index in [1.807, 2.05) is 6.92 Å². The molecular formula is C8H11N7S. The molecule has 0 aliphatic rings. The summed E-state index contributed by atoms with van der Waals surface area (Å²) in [7, 11) is 0. The van der Waals surface area contributed by atoms with Gasteiger partial charge in [-0.2, -0.15) is 5.10 Å². The van der Waals surface area contributed by atoms with Gasteiger partial charge in [-0.25, -0.2) is 20.8 Å². The third-order valence-corrected chi connectivity index (χ3v) is 2.92. The van der Waals surface area contributed by atoms with Crippen molar-refractivity contribution in [3.05, 3.63) is 18.2 Å². The van der Waals surface area contributed by atoms with Gasteiger partial charge in [-0.1, -0.05) is 6.92 Å². The summed E-state index contributed by atoms with van der Waals surface area (Å²) in [5.41, 5.74) is 3.52. The quantitative estimate of drug-likeness (QED) is 0.406. The number of nitrogens with two attached hydrogens (primary N) is 1. The second-order valence-corrected chi connectivity index (χ2v) is 3.87. The fourth-order valence-electron chi connectivity index (χ4n) is 1.26. The fraction of sp³-hybridized carbons (Fsp3) is 0.250. The van der Waals surface area contributed by atoms with Gasteiger partial charge in [0.2, 0.25) is 0 Å². The van der Waals surface area contributed by atoms with E-state index < -0.39 is 0 Å². The first kappa shape index (κ1) is 10.8. The van der Waals surface area contributed by atoms with E-state index in [0.29, 0.717) is 11.0 Å². The van der Waals surface area contributed by atoms with Gasteiger partial charge < -0.3 is 5.43 Å². The summed E-state index contributed by atoms with van der Waals surface area (Å²) in [6, 6.07) is 0. The van der Waals surface area contributed by atoms with E-state index in [9.17, 15) is 0 Å². The van der Waals surface area contributed by atoms with Gasteiger partial charge in [0.05, 0.1) is 0 Å². The normalized spacial score (nSPS) is 10.4. The number of rotatable bonds is 4. The predicted octanol–water partition coefficient (Wildman–Crippen LogP) is 0.594. The van der Waals surface area contributed by atoms with E-state index in [1.165, 1.54) is 24.4 Å². The first-order valence-electron chi connectivity index (χ1n) is 4.68. The topological polar surface area (TPSA) is 105 Å². The van der Waals surface area contributed by atoms with Crippen LogP contribution in [0, 0.1) is 0 Å². The number of hydrogen-bond acceptors (Lipinski definition) is 7. The second kappa shape index (κ2) is 4.90. The molecule has 2 aromatic rings. The number of aromatic amines is 1. The first-order valence-corrected chi connectivity index (χ1v) is 5.50. The Morgan fingerprint density at radius 3 is 2.88 bits per heavy atom. The summed E-state index contributed by atoms with van der Waals surface area (Å²) >= 11 is 1.40. The van der Waals surface area contributed by atoms with Gasteiger partial charge in [0.1, 0.15) is 23.5 Å². The average Bonchev–Trinajstić information content (AvgIpc) is 2.81. The Balaban J connectivity index is 2.33. The zero-order chi connectivity index (χ0) is 11.4. The minimum Gasteiger partial charge on any atom is -0.308 e. The molecule has 0 atom stereocenters. The van der Waals surface area contributed by atoms with Crippen molar-refractivity contribution in [1.29, 1.82) is 0 Å². The van der Waals surface area contributed by atoms with Crippen LogP contribution in [0.3, 0.4) is 0 Å². The van der Waals surface area contributed by atoms with Crippen LogP contribution < -0.4 is 11.3 Å². The molecule has 0 aromatic carbocycles. The number of hydrogen-bond donors (Lipinski definition) is 3. The number of nitrogens with one attached hydrogen (secondary N) is 2. The zero-order valence-corrected chi connectivity index (χ0v) is 9.45. The summed E-state index contributed by atoms with van der Waals surface area (Å²) < 4.78 is 0. The van der Waals surface area contributed by atoms with Gasteiger partial charge in [-0.15, -0.1) is 0 Å². The van der Waals surface area contributed by atoms with Crippen LogP contribution >= 0.6 is 11.8 Å². The Morgan fingerprint density at radius 1 is 1.38 bits per heavy atom. The highest BCUT2D eigenvalue weighted by molar-refractivity contribution is 7.99. The van der Waals surface area contributed by atoms with Crippen molar-refractivity contribution in [1.82, 2.24) is 25.1 Å². The molecule has 2 aromatic heterocycles. The van der Waals surface area contributed by atoms with Crippen LogP contribution in [-0.2, 0) is 6.42 Å². The predicted molar refractivity (Wildman–Crippen MR) is 59.7 cm³/mol. The lowest BCUT2D eigenvalue weighted by Crippen LogP contribution is -2.12. The molecule has 4 N–H and O–H groups in total. The number of aromatic nitrogens is 5. The number of nitrogens with zero attached hydrogens (tertiary/aromatic N) is 4. The van der Waals surface area contributed by atoms with Crippen molar-refractivity contribution in [2.24, 2.45) is 5.84 Å². The lowest BCUT2D eigenvalue weighted by molar-refractivity contribution is 0.924. The second-order valence-electron chi connectivity index (χ2n) is 2.90. The molecule has 0 aliphatic carbocycles. The molecule has 8 heteroatoms. The fourth-order valence-corrected chi connectivity index (χ4v) is 2.11. The molecule has 0 spiro atoms. The lowest BCUT2D eigenvalue weighted by Gasteiger charge is -2.08. The largest absolute Gasteiger partial charge is 0.308 e. The van der Waals surface area contributed by atoms with Gasteiger partial charge in [-0.05, 0) is 18.2 Å². The molecule has 0 amide bonds. The highest BCUT2D eigenvalue weighted by Gasteiger charge is 2.11. The maximum absolute atomic E-state index is 5.38. The van der Waals surface area contributed by atoms with Gasteiger partial charge in [0.25, 0.3) is 0 Å². The van der Waals surface area contributed by atoms with E-state index >= 15 is 0 Å². The highest BCUT2D eigenvalue weighted by atomic mass is 32.2. The third-order valence-electron chi connectivity index (χ3n) is 1.98. The molecule has 0 aliphatic heterocycles. The summed E-state index contributed by atoms with van der Waals surface area (Å²) in [4.78, 5) is 12.3. The van der Waals surface area contributed by atoms with Crippen molar-refractivity contribution in [3.8, 4) is 0 Å². The summed E-state index contributed by atoms with van der Waals surface area (Å²) in [6.07, 6.45) is 3.71. The molecule has 0 radical (unpaired) electrons. The number of hydrazine groups is 1. The number of anilines is 1. The van der Waals surface area contributed by atoms with Crippen molar-refractivity contribution in [2.75, 3.05) is 5.43 Å². The lowest BCUT2D eigenvalue weighted by atomic mass is 10.2. The highest BCUT2D eigenvalue weighted by Crippen LogP contribution is 2.28. The SMILES string of the molecule is CCc1c(NN)ncnc1Sc1ncn[nH]1. The van der Waals surface area contributed by atoms with Crippen LogP contribution in [0.5, 0.6) is 0 Å². The van der Waals surface area contributed by atoms with Crippen LogP contribution in [0.2, 0.25) is 0 Å². The average molecular weight is 237 g/mol. The zero-order valence-electron chi connectivity index (χ0n) is 8.64. The van der Waals surface area contributed by atoms with Gasteiger partial charge in [0.15, 0.2) is 5.16 Å². The minimum atomic E-state index is 0.638. The van der Waals surface area contributed by atoms with Crippen molar-refractivity contribution >= 4 is 17.6 Å². The van der Waals surface area contributed by atoms with Crippen LogP contribution in [-0.4, -0.2) is 25.1 Å². The van der Waals surface area contributed by atoms with Crippen molar-refractivity contribution in [3.63, 3.8) is 0 Å².